The third-order valence-electron chi connectivity index (χ3n) is 9.72. The molecule has 228 valence electrons. The second-order valence-corrected chi connectivity index (χ2v) is 12.5. The molecule has 1 heterocycles. The van der Waals surface area contributed by atoms with Gasteiger partial charge in [-0.05, 0) is 101 Å². The molecular weight excluding hydrogens is 593 g/mol. The molecule has 0 spiro atoms. The first-order valence-corrected chi connectivity index (χ1v) is 16.5. The second kappa shape index (κ2) is 11.1. The van der Waals surface area contributed by atoms with Crippen molar-refractivity contribution in [3.05, 3.63) is 182 Å². The maximum absolute atomic E-state index is 9.40. The van der Waals surface area contributed by atoms with E-state index in [1.54, 1.807) is 0 Å². The first-order valence-electron chi connectivity index (χ1n) is 18.5. The molecule has 0 aliphatic carbocycles. The fraction of sp³-hybridized carbons (Fsp3) is 0. The number of benzene rings is 9. The largest absolute Gasteiger partial charge is 0.456 e. The van der Waals surface area contributed by atoms with Crippen LogP contribution in [-0.4, -0.2) is 0 Å². The molecule has 1 nitrogen and oxygen atoms in total. The van der Waals surface area contributed by atoms with Gasteiger partial charge < -0.3 is 4.42 Å². The quantitative estimate of drug-likeness (QED) is 0.177. The van der Waals surface area contributed by atoms with Gasteiger partial charge in [0.2, 0.25) is 0 Å². The summed E-state index contributed by atoms with van der Waals surface area (Å²) in [7, 11) is 0. The Morgan fingerprint density at radius 2 is 0.755 bits per heavy atom. The molecule has 0 aliphatic rings. The number of hydrogen-bond donors (Lipinski definition) is 0. The second-order valence-electron chi connectivity index (χ2n) is 12.5. The van der Waals surface area contributed by atoms with Crippen LogP contribution in [0.1, 0.15) is 5.48 Å². The summed E-state index contributed by atoms with van der Waals surface area (Å²) in [5.41, 5.74) is 7.69. The van der Waals surface area contributed by atoms with Gasteiger partial charge in [-0.15, -0.1) is 0 Å². The molecular formula is C48H30O. The van der Waals surface area contributed by atoms with Crippen LogP contribution in [0.3, 0.4) is 0 Å². The Morgan fingerprint density at radius 1 is 0.306 bits per heavy atom. The lowest BCUT2D eigenvalue weighted by Crippen LogP contribution is -1.91. The molecule has 0 atom stereocenters. The zero-order valence-corrected chi connectivity index (χ0v) is 26.4. The SMILES string of the molecule is [2H]c1c([2H])c(-c2c3ccccc3c(-c3ccc4c(c3)oc3cc5ccccc5cc34)c3ccccc23)c([2H])c([2H])c1-c1ccc(-c2ccccc2)cc1. The first kappa shape index (κ1) is 23.8. The fourth-order valence-corrected chi connectivity index (χ4v) is 7.37. The monoisotopic (exact) mass is 626 g/mol. The lowest BCUT2D eigenvalue weighted by atomic mass is 9.85. The average molecular weight is 627 g/mol. The highest BCUT2D eigenvalue weighted by Crippen LogP contribution is 2.45. The van der Waals surface area contributed by atoms with Crippen molar-refractivity contribution < 1.29 is 9.90 Å². The van der Waals surface area contributed by atoms with E-state index in [0.717, 1.165) is 71.1 Å². The van der Waals surface area contributed by atoms with E-state index >= 15 is 0 Å². The van der Waals surface area contributed by atoms with Crippen molar-refractivity contribution in [2.24, 2.45) is 0 Å². The highest BCUT2D eigenvalue weighted by atomic mass is 16.3. The highest BCUT2D eigenvalue weighted by Gasteiger charge is 2.18. The van der Waals surface area contributed by atoms with Gasteiger partial charge >= 0.3 is 0 Å². The van der Waals surface area contributed by atoms with Crippen LogP contribution >= 0.6 is 0 Å². The molecule has 9 aromatic carbocycles. The van der Waals surface area contributed by atoms with Crippen molar-refractivity contribution in [1.82, 2.24) is 0 Å². The molecule has 0 unspecified atom stereocenters. The van der Waals surface area contributed by atoms with E-state index < -0.39 is 0 Å². The summed E-state index contributed by atoms with van der Waals surface area (Å²) in [6, 6.07) is 52.6. The van der Waals surface area contributed by atoms with E-state index in [4.69, 9.17) is 4.42 Å². The Bertz CT molecular complexity index is 3000. The van der Waals surface area contributed by atoms with Gasteiger partial charge in [0.25, 0.3) is 0 Å². The van der Waals surface area contributed by atoms with Crippen LogP contribution in [0.4, 0.5) is 0 Å². The van der Waals surface area contributed by atoms with Gasteiger partial charge in [0.1, 0.15) is 11.2 Å². The van der Waals surface area contributed by atoms with Crippen LogP contribution in [0.15, 0.2) is 186 Å². The summed E-state index contributed by atoms with van der Waals surface area (Å²) in [5.74, 6) is 0. The summed E-state index contributed by atoms with van der Waals surface area (Å²) in [6.07, 6.45) is 0. The van der Waals surface area contributed by atoms with E-state index in [9.17, 15) is 5.48 Å². The Morgan fingerprint density at radius 3 is 1.39 bits per heavy atom. The van der Waals surface area contributed by atoms with Crippen LogP contribution in [0, 0.1) is 0 Å². The van der Waals surface area contributed by atoms with Crippen molar-refractivity contribution in [3.8, 4) is 44.5 Å². The van der Waals surface area contributed by atoms with E-state index in [2.05, 4.69) is 60.7 Å². The maximum Gasteiger partial charge on any atom is 0.136 e. The summed E-state index contributed by atoms with van der Waals surface area (Å²) in [5, 5.41) is 8.07. The van der Waals surface area contributed by atoms with Gasteiger partial charge in [-0.1, -0.05) is 158 Å². The zero-order chi connectivity index (χ0) is 35.8. The van der Waals surface area contributed by atoms with Crippen molar-refractivity contribution in [3.63, 3.8) is 0 Å². The minimum Gasteiger partial charge on any atom is -0.456 e. The van der Waals surface area contributed by atoms with Crippen LogP contribution in [-0.2, 0) is 0 Å². The molecule has 0 fully saturated rings. The van der Waals surface area contributed by atoms with Gasteiger partial charge in [-0.3, -0.25) is 0 Å². The summed E-state index contributed by atoms with van der Waals surface area (Å²) in [6.45, 7) is 0. The topological polar surface area (TPSA) is 13.1 Å². The number of hydrogen-bond acceptors (Lipinski definition) is 1. The molecule has 0 saturated carbocycles. The predicted molar refractivity (Wildman–Crippen MR) is 208 cm³/mol. The summed E-state index contributed by atoms with van der Waals surface area (Å²) < 4.78 is 43.8. The van der Waals surface area contributed by atoms with E-state index in [1.807, 2.05) is 97.1 Å². The van der Waals surface area contributed by atoms with Crippen LogP contribution in [0.2, 0.25) is 0 Å². The zero-order valence-electron chi connectivity index (χ0n) is 30.4. The normalized spacial score (nSPS) is 12.8. The van der Waals surface area contributed by atoms with Gasteiger partial charge in [0.15, 0.2) is 0 Å². The molecule has 0 aliphatic heterocycles. The third-order valence-corrected chi connectivity index (χ3v) is 9.72. The predicted octanol–water partition coefficient (Wildman–Crippen LogP) is 13.7. The Balaban J connectivity index is 1.18. The van der Waals surface area contributed by atoms with Crippen molar-refractivity contribution >= 4 is 54.3 Å². The molecule has 0 bridgehead atoms. The number of rotatable bonds is 4. The van der Waals surface area contributed by atoms with Gasteiger partial charge in [-0.2, -0.15) is 0 Å². The standard InChI is InChI=1S/C48H30O/c1-2-10-31(11-3-1)32-18-20-33(21-19-32)34-22-24-35(25-23-34)47-40-14-6-8-16-42(40)48(43-17-9-7-15-41(43)47)38-26-27-39-44-28-36-12-4-5-13-37(36)29-46(44)49-45(39)30-38/h1-30H/i22D,23D,24D,25D. The van der Waals surface area contributed by atoms with Crippen molar-refractivity contribution in [2.45, 2.75) is 0 Å². The molecule has 0 saturated heterocycles. The molecule has 0 amide bonds. The highest BCUT2D eigenvalue weighted by molar-refractivity contribution is 6.22. The van der Waals surface area contributed by atoms with Crippen LogP contribution in [0.5, 0.6) is 0 Å². The van der Waals surface area contributed by atoms with Gasteiger partial charge in [0.05, 0.1) is 5.48 Å². The lowest BCUT2D eigenvalue weighted by Gasteiger charge is -2.18. The molecule has 0 radical (unpaired) electrons. The van der Waals surface area contributed by atoms with Gasteiger partial charge in [0, 0.05) is 10.8 Å². The molecule has 0 N–H and O–H groups in total. The first-order chi connectivity index (χ1) is 26.0. The Hall–Kier alpha value is -6.44. The van der Waals surface area contributed by atoms with Crippen LogP contribution in [0.25, 0.3) is 98.8 Å². The van der Waals surface area contributed by atoms with Crippen molar-refractivity contribution in [2.75, 3.05) is 0 Å². The molecule has 10 rings (SSSR count). The minimum atomic E-state index is -0.0627. The van der Waals surface area contributed by atoms with Crippen LogP contribution < -0.4 is 0 Å². The Kier molecular flexibility index (Phi) is 5.38. The number of furan rings is 1. The van der Waals surface area contributed by atoms with E-state index in [1.165, 1.54) is 5.39 Å². The Labute approximate surface area is 289 Å². The molecule has 10 aromatic rings. The summed E-state index contributed by atoms with van der Waals surface area (Å²) >= 11 is 0. The maximum atomic E-state index is 9.40. The van der Waals surface area contributed by atoms with E-state index in [-0.39, 0.29) is 24.2 Å². The smallest absolute Gasteiger partial charge is 0.136 e. The number of fused-ring (bicyclic) bond motifs is 6. The minimum absolute atomic E-state index is 0.0614. The lowest BCUT2D eigenvalue weighted by molar-refractivity contribution is 0.669. The van der Waals surface area contributed by atoms with E-state index in [0.29, 0.717) is 22.3 Å². The summed E-state index contributed by atoms with van der Waals surface area (Å²) in [4.78, 5) is 0. The molecule has 1 aromatic heterocycles. The average Bonchev–Trinajstić information content (AvgIpc) is 3.56. The third kappa shape index (κ3) is 4.55. The molecule has 1 heteroatoms. The fourth-order valence-electron chi connectivity index (χ4n) is 7.37. The van der Waals surface area contributed by atoms with Crippen molar-refractivity contribution in [1.29, 1.82) is 0 Å². The molecule has 49 heavy (non-hydrogen) atoms. The van der Waals surface area contributed by atoms with Gasteiger partial charge in [-0.25, -0.2) is 0 Å².